The lowest BCUT2D eigenvalue weighted by molar-refractivity contribution is 0.0455. The van der Waals surface area contributed by atoms with Crippen molar-refractivity contribution in [2.45, 2.75) is 26.5 Å². The van der Waals surface area contributed by atoms with Gasteiger partial charge >= 0.3 is 5.97 Å². The fraction of sp³-hybridized carbons (Fsp3) is 0.240. The van der Waals surface area contributed by atoms with E-state index < -0.39 is 0 Å². The number of anilines is 2. The highest BCUT2D eigenvalue weighted by atomic mass is 79.9. The van der Waals surface area contributed by atoms with Gasteiger partial charge in [0.25, 0.3) is 0 Å². The maximum absolute atomic E-state index is 12.5. The van der Waals surface area contributed by atoms with Crippen LogP contribution in [0.3, 0.4) is 0 Å². The smallest absolute Gasteiger partial charge is 0.339 e. The Bertz CT molecular complexity index is 1080. The molecule has 1 aliphatic heterocycles. The number of carbonyl (C=O) groups excluding carboxylic acids is 1. The Labute approximate surface area is 186 Å². The van der Waals surface area contributed by atoms with Gasteiger partial charge in [0.05, 0.1) is 5.56 Å². The van der Waals surface area contributed by atoms with Gasteiger partial charge in [0.2, 0.25) is 0 Å². The molecule has 0 amide bonds. The average Bonchev–Trinajstić information content (AvgIpc) is 3.04. The van der Waals surface area contributed by atoms with Crippen molar-refractivity contribution in [3.8, 4) is 0 Å². The molecule has 0 radical (unpaired) electrons. The van der Waals surface area contributed by atoms with E-state index in [0.717, 1.165) is 45.6 Å². The summed E-state index contributed by atoms with van der Waals surface area (Å²) in [6, 6.07) is 20.6. The van der Waals surface area contributed by atoms with Crippen molar-refractivity contribution in [2.75, 3.05) is 23.8 Å². The molecule has 0 saturated heterocycles. The predicted molar refractivity (Wildman–Crippen MR) is 125 cm³/mol. The number of rotatable bonds is 6. The van der Waals surface area contributed by atoms with Crippen molar-refractivity contribution in [2.24, 2.45) is 0 Å². The third-order valence-electron chi connectivity index (χ3n) is 5.47. The SMILES string of the molecule is CCNc1cc2c(cc1Br)C(c1ccc(N(C)Cc3ccccc3)cc1C)OC2=O. The summed E-state index contributed by atoms with van der Waals surface area (Å²) in [6.45, 7) is 5.72. The van der Waals surface area contributed by atoms with E-state index >= 15 is 0 Å². The number of benzene rings is 3. The number of hydrogen-bond acceptors (Lipinski definition) is 4. The lowest BCUT2D eigenvalue weighted by Gasteiger charge is -2.22. The zero-order valence-corrected chi connectivity index (χ0v) is 19.0. The van der Waals surface area contributed by atoms with Crippen molar-refractivity contribution < 1.29 is 9.53 Å². The van der Waals surface area contributed by atoms with Gasteiger partial charge in [-0.3, -0.25) is 0 Å². The minimum absolute atomic E-state index is 0.272. The van der Waals surface area contributed by atoms with Crippen LogP contribution < -0.4 is 10.2 Å². The van der Waals surface area contributed by atoms with Crippen LogP contribution in [0, 0.1) is 6.92 Å². The molecule has 154 valence electrons. The zero-order chi connectivity index (χ0) is 21.3. The second-order valence-electron chi connectivity index (χ2n) is 7.62. The fourth-order valence-electron chi connectivity index (χ4n) is 3.91. The zero-order valence-electron chi connectivity index (χ0n) is 17.4. The fourth-order valence-corrected chi connectivity index (χ4v) is 4.41. The quantitative estimate of drug-likeness (QED) is 0.448. The first-order valence-corrected chi connectivity index (χ1v) is 10.9. The summed E-state index contributed by atoms with van der Waals surface area (Å²) in [5.74, 6) is -0.272. The number of hydrogen-bond donors (Lipinski definition) is 1. The molecule has 0 aromatic heterocycles. The first kappa shape index (κ1) is 20.5. The lowest BCUT2D eigenvalue weighted by atomic mass is 9.95. The molecule has 4 rings (SSSR count). The minimum Gasteiger partial charge on any atom is -0.449 e. The van der Waals surface area contributed by atoms with Gasteiger partial charge in [-0.05, 0) is 65.2 Å². The Morgan fingerprint density at radius 2 is 1.83 bits per heavy atom. The van der Waals surface area contributed by atoms with Crippen molar-refractivity contribution in [1.29, 1.82) is 0 Å². The van der Waals surface area contributed by atoms with E-state index in [-0.39, 0.29) is 12.1 Å². The summed E-state index contributed by atoms with van der Waals surface area (Å²) in [7, 11) is 2.09. The van der Waals surface area contributed by atoms with Crippen molar-refractivity contribution in [1.82, 2.24) is 0 Å². The predicted octanol–water partition coefficient (Wildman–Crippen LogP) is 6.09. The topological polar surface area (TPSA) is 41.6 Å². The van der Waals surface area contributed by atoms with E-state index in [1.165, 1.54) is 5.56 Å². The van der Waals surface area contributed by atoms with Crippen molar-refractivity contribution in [3.63, 3.8) is 0 Å². The number of carbonyl (C=O) groups is 1. The standard InChI is InChI=1S/C25H25BrN2O2/c1-4-27-23-14-21-20(13-22(23)26)24(30-25(21)29)19-11-10-18(12-16(19)2)28(3)15-17-8-6-5-7-9-17/h5-14,24,27H,4,15H2,1-3H3. The number of nitrogens with zero attached hydrogens (tertiary/aromatic N) is 1. The van der Waals surface area contributed by atoms with Gasteiger partial charge < -0.3 is 15.0 Å². The summed E-state index contributed by atoms with van der Waals surface area (Å²) >= 11 is 3.62. The molecule has 30 heavy (non-hydrogen) atoms. The van der Waals surface area contributed by atoms with Crippen LogP contribution >= 0.6 is 15.9 Å². The molecule has 3 aromatic rings. The van der Waals surface area contributed by atoms with Crippen LogP contribution in [0.1, 0.15) is 45.6 Å². The monoisotopic (exact) mass is 464 g/mol. The van der Waals surface area contributed by atoms with E-state index in [2.05, 4.69) is 82.6 Å². The average molecular weight is 465 g/mol. The summed E-state index contributed by atoms with van der Waals surface area (Å²) in [4.78, 5) is 14.8. The number of nitrogens with one attached hydrogen (secondary N) is 1. The van der Waals surface area contributed by atoms with Crippen LogP contribution in [0.15, 0.2) is 65.1 Å². The van der Waals surface area contributed by atoms with E-state index in [4.69, 9.17) is 4.74 Å². The van der Waals surface area contributed by atoms with Crippen LogP contribution in [-0.4, -0.2) is 19.6 Å². The second-order valence-corrected chi connectivity index (χ2v) is 8.47. The highest BCUT2D eigenvalue weighted by molar-refractivity contribution is 9.10. The van der Waals surface area contributed by atoms with Gasteiger partial charge in [-0.1, -0.05) is 36.4 Å². The third-order valence-corrected chi connectivity index (χ3v) is 6.13. The van der Waals surface area contributed by atoms with Crippen molar-refractivity contribution >= 4 is 33.3 Å². The first-order chi connectivity index (χ1) is 14.5. The molecule has 4 nitrogen and oxygen atoms in total. The summed E-state index contributed by atoms with van der Waals surface area (Å²) < 4.78 is 6.72. The Morgan fingerprint density at radius 1 is 1.07 bits per heavy atom. The number of halogens is 1. The normalized spacial score (nSPS) is 14.9. The number of aryl methyl sites for hydroxylation is 1. The number of fused-ring (bicyclic) bond motifs is 1. The van der Waals surface area contributed by atoms with E-state index in [9.17, 15) is 4.79 Å². The minimum atomic E-state index is -0.382. The van der Waals surface area contributed by atoms with Gasteiger partial charge in [0.15, 0.2) is 6.10 Å². The third kappa shape index (κ3) is 3.94. The lowest BCUT2D eigenvalue weighted by Crippen LogP contribution is -2.16. The summed E-state index contributed by atoms with van der Waals surface area (Å²) in [6.07, 6.45) is -0.382. The maximum atomic E-state index is 12.5. The number of ether oxygens (including phenoxy) is 1. The van der Waals surface area contributed by atoms with Crippen LogP contribution in [-0.2, 0) is 11.3 Å². The molecule has 0 fully saturated rings. The number of esters is 1. The van der Waals surface area contributed by atoms with Crippen LogP contribution in [0.5, 0.6) is 0 Å². The molecular formula is C25H25BrN2O2. The highest BCUT2D eigenvalue weighted by Gasteiger charge is 2.34. The highest BCUT2D eigenvalue weighted by Crippen LogP contribution is 2.41. The molecule has 1 heterocycles. The molecular weight excluding hydrogens is 440 g/mol. The Balaban J connectivity index is 1.62. The Morgan fingerprint density at radius 3 is 2.53 bits per heavy atom. The Hall–Kier alpha value is -2.79. The van der Waals surface area contributed by atoms with Gasteiger partial charge in [-0.15, -0.1) is 0 Å². The first-order valence-electron chi connectivity index (χ1n) is 10.1. The molecule has 0 bridgehead atoms. The van der Waals surface area contributed by atoms with Crippen LogP contribution in [0.25, 0.3) is 0 Å². The van der Waals surface area contributed by atoms with Gasteiger partial charge in [-0.25, -0.2) is 4.79 Å². The molecule has 0 saturated carbocycles. The van der Waals surface area contributed by atoms with Gasteiger partial charge in [0, 0.05) is 47.1 Å². The van der Waals surface area contributed by atoms with Crippen LogP contribution in [0.4, 0.5) is 11.4 Å². The van der Waals surface area contributed by atoms with Gasteiger partial charge in [-0.2, -0.15) is 0 Å². The van der Waals surface area contributed by atoms with E-state index in [1.54, 1.807) is 0 Å². The van der Waals surface area contributed by atoms with Crippen LogP contribution in [0.2, 0.25) is 0 Å². The second kappa shape index (κ2) is 8.52. The number of cyclic esters (lactones) is 1. The van der Waals surface area contributed by atoms with E-state index in [1.807, 2.05) is 25.1 Å². The molecule has 1 N–H and O–H groups in total. The molecule has 0 spiro atoms. The summed E-state index contributed by atoms with van der Waals surface area (Å²) in [5.41, 5.74) is 6.95. The molecule has 1 unspecified atom stereocenters. The van der Waals surface area contributed by atoms with E-state index in [0.29, 0.717) is 5.56 Å². The molecule has 5 heteroatoms. The molecule has 0 aliphatic carbocycles. The molecule has 1 aliphatic rings. The Kier molecular flexibility index (Phi) is 5.82. The van der Waals surface area contributed by atoms with Gasteiger partial charge in [0.1, 0.15) is 0 Å². The maximum Gasteiger partial charge on any atom is 0.339 e. The molecule has 3 aromatic carbocycles. The molecule has 1 atom stereocenters. The summed E-state index contributed by atoms with van der Waals surface area (Å²) in [5, 5.41) is 3.27. The van der Waals surface area contributed by atoms with Crippen molar-refractivity contribution in [3.05, 3.63) is 93.0 Å². The largest absolute Gasteiger partial charge is 0.449 e.